The molecule has 18 rings (SSSR count). The van der Waals surface area contributed by atoms with Crippen molar-refractivity contribution in [3.8, 4) is 50.6 Å². The number of carbonyl (C=O) groups is 3. The van der Waals surface area contributed by atoms with Crippen LogP contribution in [0.5, 0.6) is 17.2 Å². The number of hydrogen-bond donors (Lipinski definition) is 0. The van der Waals surface area contributed by atoms with Crippen molar-refractivity contribution in [1.29, 1.82) is 0 Å². The summed E-state index contributed by atoms with van der Waals surface area (Å²) in [6.45, 7) is 14.9. The largest absolute Gasteiger partial charge is 0.423 e. The molecule has 0 aliphatic rings. The van der Waals surface area contributed by atoms with E-state index in [-0.39, 0.29) is 0 Å². The third kappa shape index (κ3) is 15.8. The molecule has 0 saturated carbocycles. The Kier molecular flexibility index (Phi) is 21.4. The first-order valence-electron chi connectivity index (χ1n) is 41.2. The van der Waals surface area contributed by atoms with Gasteiger partial charge in [-0.05, 0) is 295 Å². The molecule has 0 bridgehead atoms. The van der Waals surface area contributed by atoms with Crippen molar-refractivity contribution in [1.82, 2.24) is 0 Å². The number of ether oxygens (including phenoxy) is 3. The standard InChI is InChI=1S/C113H87N3O6/c1-74-26-56-92(57-27-74)114(107-23-11-17-101-77(4)14-8-20-104(101)107)95-62-44-83(45-63-95)80-32-38-86(39-33-80)110(117)120-98-68-50-89(51-69-98)113(7,90-52-70-99(71-53-90)121-111(118)87-40-34-81(35-41-87)84-46-64-96(65-47-84)115(93-58-28-75(2)29-59-93)108-24-12-18-102-78(5)15-9-21-105(102)108)91-54-72-100(73-55-91)122-112(119)88-42-36-82(37-43-88)85-48-66-97(67-49-85)116(94-60-30-76(3)31-61-94)109-25-13-19-103-79(6)16-10-22-106(103)109/h8-73H,1-7H3. The molecule has 9 nitrogen and oxygen atoms in total. The highest BCUT2D eigenvalue weighted by Gasteiger charge is 2.33. The summed E-state index contributed by atoms with van der Waals surface area (Å²) in [5.41, 5.74) is 25.6. The van der Waals surface area contributed by atoms with E-state index in [0.717, 1.165) is 101 Å². The van der Waals surface area contributed by atoms with E-state index in [9.17, 15) is 14.4 Å². The van der Waals surface area contributed by atoms with Crippen LogP contribution in [0, 0.1) is 41.5 Å². The van der Waals surface area contributed by atoms with Gasteiger partial charge < -0.3 is 28.9 Å². The van der Waals surface area contributed by atoms with Gasteiger partial charge in [0.25, 0.3) is 0 Å². The second-order valence-electron chi connectivity index (χ2n) is 31.6. The third-order valence-corrected chi connectivity index (χ3v) is 23.6. The van der Waals surface area contributed by atoms with E-state index in [4.69, 9.17) is 14.2 Å². The van der Waals surface area contributed by atoms with Gasteiger partial charge in [0, 0.05) is 55.7 Å². The number of anilines is 9. The Labute approximate surface area is 711 Å². The Balaban J connectivity index is 0.579. The number of hydrogen-bond acceptors (Lipinski definition) is 9. The Bertz CT molecular complexity index is 6230. The van der Waals surface area contributed by atoms with Gasteiger partial charge in [-0.15, -0.1) is 0 Å². The van der Waals surface area contributed by atoms with E-state index in [1.807, 2.05) is 72.8 Å². The van der Waals surface area contributed by atoms with Crippen LogP contribution >= 0.6 is 0 Å². The minimum absolute atomic E-state index is 0.364. The number of carbonyl (C=O) groups excluding carboxylic acids is 3. The molecule has 18 aromatic rings. The maximum absolute atomic E-state index is 14.0. The summed E-state index contributed by atoms with van der Waals surface area (Å²) >= 11 is 0. The first-order valence-corrected chi connectivity index (χ1v) is 41.2. The first-order chi connectivity index (χ1) is 59.5. The summed E-state index contributed by atoms with van der Waals surface area (Å²) < 4.78 is 18.3. The highest BCUT2D eigenvalue weighted by atomic mass is 16.5. The van der Waals surface area contributed by atoms with Gasteiger partial charge in [-0.25, -0.2) is 14.4 Å². The normalized spacial score (nSPS) is 11.3. The van der Waals surface area contributed by atoms with Crippen molar-refractivity contribution in [2.24, 2.45) is 0 Å². The average molecular weight is 1580 g/mol. The van der Waals surface area contributed by atoms with Gasteiger partial charge in [-0.1, -0.05) is 253 Å². The van der Waals surface area contributed by atoms with Gasteiger partial charge >= 0.3 is 17.9 Å². The molecule has 0 radical (unpaired) electrons. The third-order valence-electron chi connectivity index (χ3n) is 23.6. The lowest BCUT2D eigenvalue weighted by atomic mass is 9.71. The minimum atomic E-state index is -0.861. The van der Waals surface area contributed by atoms with Crippen LogP contribution in [0.25, 0.3) is 65.7 Å². The summed E-state index contributed by atoms with van der Waals surface area (Å²) in [7, 11) is 0. The molecule has 0 unspecified atom stereocenters. The van der Waals surface area contributed by atoms with Crippen molar-refractivity contribution in [2.45, 2.75) is 53.9 Å². The van der Waals surface area contributed by atoms with E-state index >= 15 is 0 Å². The van der Waals surface area contributed by atoms with Gasteiger partial charge in [-0.2, -0.15) is 0 Å². The molecule has 0 spiro atoms. The summed E-state index contributed by atoms with van der Waals surface area (Å²) in [6, 6.07) is 135. The predicted octanol–water partition coefficient (Wildman–Crippen LogP) is 29.4. The number of rotatable bonds is 21. The molecule has 0 aliphatic carbocycles. The predicted molar refractivity (Wildman–Crippen MR) is 500 cm³/mol. The zero-order valence-electron chi connectivity index (χ0n) is 68.9. The Morgan fingerprint density at radius 1 is 0.213 bits per heavy atom. The summed E-state index contributed by atoms with van der Waals surface area (Å²) in [6.07, 6.45) is 0. The molecule has 122 heavy (non-hydrogen) atoms. The Hall–Kier alpha value is -15.5. The SMILES string of the molecule is Cc1ccc(N(c2ccc(-c3ccc(C(=O)Oc4ccc(C(C)(c5ccc(OC(=O)c6ccc(-c7ccc(N(c8ccc(C)cc8)c8cccc9c(C)cccc89)cc7)cc6)cc5)c5ccc(OC(=O)c6ccc(-c7ccc(N(c8ccc(C)cc8)c8cccc9c(C)cccc89)cc7)cc6)cc5)cc4)cc3)cc2)c2cccc3c(C)cccc23)cc1. The molecule has 0 atom stereocenters. The fourth-order valence-corrected chi connectivity index (χ4v) is 16.7. The molecule has 0 aliphatic heterocycles. The Morgan fingerprint density at radius 3 is 0.639 bits per heavy atom. The zero-order valence-corrected chi connectivity index (χ0v) is 68.9. The van der Waals surface area contributed by atoms with Gasteiger partial charge in [0.15, 0.2) is 0 Å². The number of fused-ring (bicyclic) bond motifs is 3. The van der Waals surface area contributed by atoms with Crippen LogP contribution < -0.4 is 28.9 Å². The topological polar surface area (TPSA) is 88.6 Å². The molecule has 0 saturated heterocycles. The van der Waals surface area contributed by atoms with Crippen LogP contribution in [0.2, 0.25) is 0 Å². The Morgan fingerprint density at radius 2 is 0.410 bits per heavy atom. The van der Waals surface area contributed by atoms with Gasteiger partial charge in [-0.3, -0.25) is 0 Å². The highest BCUT2D eigenvalue weighted by Crippen LogP contribution is 2.46. The van der Waals surface area contributed by atoms with Gasteiger partial charge in [0.05, 0.1) is 33.8 Å². The number of esters is 3. The van der Waals surface area contributed by atoms with Crippen LogP contribution in [0.3, 0.4) is 0 Å². The van der Waals surface area contributed by atoms with E-state index in [1.165, 1.54) is 65.7 Å². The first kappa shape index (κ1) is 77.8. The molecule has 0 fully saturated rings. The molecular formula is C113H87N3O6. The number of benzene rings is 18. The maximum Gasteiger partial charge on any atom is 0.343 e. The van der Waals surface area contributed by atoms with E-state index < -0.39 is 23.3 Å². The molecule has 0 N–H and O–H groups in total. The molecule has 0 amide bonds. The molecule has 590 valence electrons. The number of nitrogens with zero attached hydrogens (tertiary/aromatic N) is 3. The lowest BCUT2D eigenvalue weighted by Gasteiger charge is -2.32. The van der Waals surface area contributed by atoms with Crippen LogP contribution in [-0.4, -0.2) is 17.9 Å². The van der Waals surface area contributed by atoms with Crippen LogP contribution in [0.1, 0.15) is 88.1 Å². The van der Waals surface area contributed by atoms with Crippen LogP contribution in [0.4, 0.5) is 51.2 Å². The van der Waals surface area contributed by atoms with Crippen molar-refractivity contribution in [3.63, 3.8) is 0 Å². The second-order valence-corrected chi connectivity index (χ2v) is 31.6. The van der Waals surface area contributed by atoms with Gasteiger partial charge in [0.2, 0.25) is 0 Å². The maximum atomic E-state index is 14.0. The zero-order chi connectivity index (χ0) is 83.5. The average Bonchev–Trinajstić information content (AvgIpc) is 0.775. The fourth-order valence-electron chi connectivity index (χ4n) is 16.7. The quantitative estimate of drug-likeness (QED) is 0.0396. The summed E-state index contributed by atoms with van der Waals surface area (Å²) in [5, 5.41) is 7.14. The second kappa shape index (κ2) is 33.5. The smallest absolute Gasteiger partial charge is 0.343 e. The molecular weight excluding hydrogens is 1500 g/mol. The molecule has 0 heterocycles. The van der Waals surface area contributed by atoms with Crippen LogP contribution in [-0.2, 0) is 5.41 Å². The van der Waals surface area contributed by atoms with Gasteiger partial charge in [0.1, 0.15) is 17.2 Å². The molecule has 0 aromatic heterocycles. The summed E-state index contributed by atoms with van der Waals surface area (Å²) in [5.74, 6) is -0.402. The highest BCUT2D eigenvalue weighted by molar-refractivity contribution is 6.04. The van der Waals surface area contributed by atoms with Crippen molar-refractivity contribution in [3.05, 3.63) is 467 Å². The van der Waals surface area contributed by atoms with Crippen LogP contribution in [0.15, 0.2) is 400 Å². The van der Waals surface area contributed by atoms with Crippen molar-refractivity contribution < 1.29 is 28.6 Å². The molecule has 9 heteroatoms. The van der Waals surface area contributed by atoms with E-state index in [1.54, 1.807) is 72.8 Å². The van der Waals surface area contributed by atoms with E-state index in [2.05, 4.69) is 318 Å². The van der Waals surface area contributed by atoms with Crippen molar-refractivity contribution in [2.75, 3.05) is 14.7 Å². The lowest BCUT2D eigenvalue weighted by molar-refractivity contribution is 0.0725. The lowest BCUT2D eigenvalue weighted by Crippen LogP contribution is -2.25. The van der Waals surface area contributed by atoms with E-state index in [0.29, 0.717) is 33.9 Å². The monoisotopic (exact) mass is 1580 g/mol. The molecule has 18 aromatic carbocycles. The summed E-state index contributed by atoms with van der Waals surface area (Å²) in [4.78, 5) is 49.1. The van der Waals surface area contributed by atoms with Crippen molar-refractivity contribution >= 4 is 101 Å². The minimum Gasteiger partial charge on any atom is -0.423 e. The number of aryl methyl sites for hydroxylation is 6. The fraction of sp³-hybridized carbons (Fsp3) is 0.0708.